The quantitative estimate of drug-likeness (QED) is 0.626. The molecule has 0 spiro atoms. The molecule has 0 bridgehead atoms. The number of fused-ring (bicyclic) bond motifs is 1. The number of hydrogen-bond donors (Lipinski definition) is 1. The Morgan fingerprint density at radius 1 is 1.11 bits per heavy atom. The van der Waals surface area contributed by atoms with E-state index in [-0.39, 0.29) is 10.7 Å². The summed E-state index contributed by atoms with van der Waals surface area (Å²) in [5.74, 6) is -0.393. The minimum atomic E-state index is -3.73. The predicted octanol–water partition coefficient (Wildman–Crippen LogP) is 4.55. The number of rotatable bonds is 5. The van der Waals surface area contributed by atoms with E-state index in [0.29, 0.717) is 10.7 Å². The summed E-state index contributed by atoms with van der Waals surface area (Å²) in [6.45, 7) is 3.99. The van der Waals surface area contributed by atoms with Gasteiger partial charge in [-0.3, -0.25) is 9.52 Å². The molecule has 4 rings (SSSR count). The second-order valence-electron chi connectivity index (χ2n) is 6.73. The van der Waals surface area contributed by atoms with Gasteiger partial charge in [-0.1, -0.05) is 30.4 Å². The van der Waals surface area contributed by atoms with Crippen LogP contribution in [0.2, 0.25) is 0 Å². The highest BCUT2D eigenvalue weighted by molar-refractivity contribution is 7.93. The van der Waals surface area contributed by atoms with Crippen LogP contribution in [-0.2, 0) is 10.0 Å². The topological polar surface area (TPSA) is 76.1 Å². The number of allylic oxidation sites excluding steroid dienone is 1. The molecule has 3 aromatic rings. The number of carbonyl (C=O) groups is 1. The largest absolute Gasteiger partial charge is 0.293 e. The number of sulfonamides is 1. The van der Waals surface area contributed by atoms with Gasteiger partial charge in [-0.15, -0.1) is 11.3 Å². The number of Topliss-reactive ketones (excluding diaryl/α,β-unsaturated/α-hetero) is 1. The maximum absolute atomic E-state index is 13.0. The summed E-state index contributed by atoms with van der Waals surface area (Å²) in [5.41, 5.74) is 4.43. The van der Waals surface area contributed by atoms with Crippen molar-refractivity contribution in [3.05, 3.63) is 81.9 Å². The molecule has 0 radical (unpaired) electrons. The Hall–Kier alpha value is -2.77. The molecule has 0 saturated carbocycles. The van der Waals surface area contributed by atoms with Gasteiger partial charge < -0.3 is 0 Å². The molecular weight excluding hydrogens is 392 g/mol. The van der Waals surface area contributed by atoms with Crippen LogP contribution in [-0.4, -0.2) is 19.2 Å². The lowest BCUT2D eigenvalue weighted by Gasteiger charge is -2.13. The monoisotopic (exact) mass is 410 g/mol. The first-order valence-corrected chi connectivity index (χ1v) is 11.1. The van der Waals surface area contributed by atoms with Crippen LogP contribution in [0.5, 0.6) is 0 Å². The van der Waals surface area contributed by atoms with Crippen molar-refractivity contribution < 1.29 is 13.2 Å². The summed E-state index contributed by atoms with van der Waals surface area (Å²) < 4.78 is 27.6. The van der Waals surface area contributed by atoms with Crippen molar-refractivity contribution in [3.63, 3.8) is 0 Å². The molecular formula is C21H18N2O3S2. The molecule has 7 heteroatoms. The Labute approximate surface area is 167 Å². The number of thiazole rings is 1. The normalized spacial score (nSPS) is 15.4. The van der Waals surface area contributed by atoms with Gasteiger partial charge in [-0.25, -0.2) is 13.4 Å². The Morgan fingerprint density at radius 2 is 1.93 bits per heavy atom. The standard InChI is InChI=1S/C21H18N2O3S2/c1-13-3-4-16(11-14(13)2)20(24)19-7-5-15-12-17(6-8-18(15)19)28(25,26)23-21-22-9-10-27-21/h3-12,19H,1-2H3,(H,22,23). The average Bonchev–Trinajstić information content (AvgIpc) is 3.32. The fraction of sp³-hybridized carbons (Fsp3) is 0.143. The van der Waals surface area contributed by atoms with E-state index in [4.69, 9.17) is 0 Å². The number of carbonyl (C=O) groups excluding carboxylic acids is 1. The molecule has 1 aliphatic carbocycles. The van der Waals surface area contributed by atoms with E-state index < -0.39 is 15.9 Å². The Bertz CT molecular complexity index is 1200. The fourth-order valence-corrected chi connectivity index (χ4v) is 5.03. The number of benzene rings is 2. The van der Waals surface area contributed by atoms with Gasteiger partial charge in [-0.2, -0.15) is 0 Å². The second kappa shape index (κ2) is 7.00. The number of aryl methyl sites for hydroxylation is 2. The van der Waals surface area contributed by atoms with Crippen LogP contribution < -0.4 is 4.72 Å². The molecule has 1 atom stereocenters. The zero-order valence-electron chi connectivity index (χ0n) is 15.3. The first kappa shape index (κ1) is 18.6. The Morgan fingerprint density at radius 3 is 2.64 bits per heavy atom. The van der Waals surface area contributed by atoms with Crippen molar-refractivity contribution in [2.75, 3.05) is 4.72 Å². The van der Waals surface area contributed by atoms with Crippen LogP contribution in [0.1, 0.15) is 38.5 Å². The third-order valence-corrected chi connectivity index (χ3v) is 7.05. The third kappa shape index (κ3) is 3.39. The molecule has 1 heterocycles. The summed E-state index contributed by atoms with van der Waals surface area (Å²) >= 11 is 1.21. The number of nitrogens with one attached hydrogen (secondary N) is 1. The lowest BCUT2D eigenvalue weighted by Crippen LogP contribution is -2.14. The van der Waals surface area contributed by atoms with E-state index in [2.05, 4.69) is 9.71 Å². The lowest BCUT2D eigenvalue weighted by molar-refractivity contribution is 0.0977. The number of nitrogens with zero attached hydrogens (tertiary/aromatic N) is 1. The molecule has 5 nitrogen and oxygen atoms in total. The van der Waals surface area contributed by atoms with Crippen LogP contribution >= 0.6 is 11.3 Å². The minimum absolute atomic E-state index is 0.00891. The smallest absolute Gasteiger partial charge is 0.263 e. The van der Waals surface area contributed by atoms with Crippen LogP contribution in [0.25, 0.3) is 6.08 Å². The predicted molar refractivity (Wildman–Crippen MR) is 111 cm³/mol. The van der Waals surface area contributed by atoms with Gasteiger partial charge in [0.05, 0.1) is 10.8 Å². The van der Waals surface area contributed by atoms with Crippen LogP contribution in [0, 0.1) is 13.8 Å². The highest BCUT2D eigenvalue weighted by Gasteiger charge is 2.27. The minimum Gasteiger partial charge on any atom is -0.293 e. The first-order chi connectivity index (χ1) is 13.3. The summed E-state index contributed by atoms with van der Waals surface area (Å²) in [4.78, 5) is 17.1. The molecule has 142 valence electrons. The highest BCUT2D eigenvalue weighted by Crippen LogP contribution is 2.34. The third-order valence-electron chi connectivity index (χ3n) is 4.90. The summed E-state index contributed by atoms with van der Waals surface area (Å²) in [5, 5.41) is 2.02. The van der Waals surface area contributed by atoms with Crippen molar-refractivity contribution in [2.45, 2.75) is 24.7 Å². The molecule has 0 amide bonds. The number of ketones is 1. The second-order valence-corrected chi connectivity index (χ2v) is 9.31. The van der Waals surface area contributed by atoms with Crippen molar-refractivity contribution >= 4 is 38.4 Å². The number of anilines is 1. The maximum Gasteiger partial charge on any atom is 0.263 e. The van der Waals surface area contributed by atoms with E-state index in [0.717, 1.165) is 22.3 Å². The van der Waals surface area contributed by atoms with E-state index in [9.17, 15) is 13.2 Å². The van der Waals surface area contributed by atoms with Gasteiger partial charge in [-0.05, 0) is 54.3 Å². The van der Waals surface area contributed by atoms with E-state index in [1.807, 2.05) is 38.1 Å². The zero-order chi connectivity index (χ0) is 19.9. The van der Waals surface area contributed by atoms with Gasteiger partial charge in [0.25, 0.3) is 10.0 Å². The van der Waals surface area contributed by atoms with Gasteiger partial charge in [0.1, 0.15) is 0 Å². The van der Waals surface area contributed by atoms with Crippen molar-refractivity contribution in [1.82, 2.24) is 4.98 Å². The van der Waals surface area contributed by atoms with E-state index >= 15 is 0 Å². The first-order valence-electron chi connectivity index (χ1n) is 8.71. The fourth-order valence-electron chi connectivity index (χ4n) is 3.20. The number of aromatic nitrogens is 1. The van der Waals surface area contributed by atoms with E-state index in [1.165, 1.54) is 23.6 Å². The van der Waals surface area contributed by atoms with E-state index in [1.54, 1.807) is 23.6 Å². The van der Waals surface area contributed by atoms with Crippen LogP contribution in [0.15, 0.2) is 58.9 Å². The number of hydrogen-bond acceptors (Lipinski definition) is 5. The molecule has 0 fully saturated rings. The Balaban J connectivity index is 1.62. The van der Waals surface area contributed by atoms with Crippen molar-refractivity contribution in [3.8, 4) is 0 Å². The molecule has 0 saturated heterocycles. The van der Waals surface area contributed by atoms with Crippen LogP contribution in [0.3, 0.4) is 0 Å². The van der Waals surface area contributed by atoms with Crippen LogP contribution in [0.4, 0.5) is 5.13 Å². The molecule has 2 aromatic carbocycles. The highest BCUT2D eigenvalue weighted by atomic mass is 32.2. The summed E-state index contributed by atoms with van der Waals surface area (Å²) in [6, 6.07) is 10.5. The van der Waals surface area contributed by atoms with Gasteiger partial charge in [0, 0.05) is 17.1 Å². The van der Waals surface area contributed by atoms with Gasteiger partial charge in [0.2, 0.25) is 0 Å². The lowest BCUT2D eigenvalue weighted by atomic mass is 9.91. The SMILES string of the molecule is Cc1ccc(C(=O)C2C=Cc3cc(S(=O)(=O)Nc4nccs4)ccc32)cc1C. The molecule has 0 aliphatic heterocycles. The molecule has 1 aromatic heterocycles. The Kier molecular flexibility index (Phi) is 4.64. The summed E-state index contributed by atoms with van der Waals surface area (Å²) in [6.07, 6.45) is 5.17. The molecule has 1 aliphatic rings. The molecule has 28 heavy (non-hydrogen) atoms. The van der Waals surface area contributed by atoms with Gasteiger partial charge in [0.15, 0.2) is 10.9 Å². The van der Waals surface area contributed by atoms with Crippen molar-refractivity contribution in [1.29, 1.82) is 0 Å². The maximum atomic E-state index is 13.0. The summed E-state index contributed by atoms with van der Waals surface area (Å²) in [7, 11) is -3.73. The molecule has 1 N–H and O–H groups in total. The molecule has 1 unspecified atom stereocenters. The average molecular weight is 411 g/mol. The van der Waals surface area contributed by atoms with Crippen molar-refractivity contribution in [2.24, 2.45) is 0 Å². The van der Waals surface area contributed by atoms with Gasteiger partial charge >= 0.3 is 0 Å². The zero-order valence-corrected chi connectivity index (χ0v) is 17.0.